The SMILES string of the molecule is CCN(CC)c1ccc(NC(=O)COc2c(C)cc(Br)cc2C)cc1. The number of ether oxygens (including phenoxy) is 1. The molecule has 0 saturated heterocycles. The maximum absolute atomic E-state index is 12.2. The first-order chi connectivity index (χ1) is 11.9. The van der Waals surface area contributed by atoms with Crippen LogP contribution in [0, 0.1) is 13.8 Å². The van der Waals surface area contributed by atoms with Crippen molar-refractivity contribution in [2.75, 3.05) is 29.9 Å². The maximum atomic E-state index is 12.2. The fraction of sp³-hybridized carbons (Fsp3) is 0.350. The fourth-order valence-corrected chi connectivity index (χ4v) is 3.49. The first-order valence-corrected chi connectivity index (χ1v) is 9.28. The number of nitrogens with zero attached hydrogens (tertiary/aromatic N) is 1. The van der Waals surface area contributed by atoms with E-state index in [9.17, 15) is 4.79 Å². The van der Waals surface area contributed by atoms with Crippen molar-refractivity contribution in [1.82, 2.24) is 0 Å². The van der Waals surface area contributed by atoms with Gasteiger partial charge < -0.3 is 15.0 Å². The van der Waals surface area contributed by atoms with E-state index < -0.39 is 0 Å². The topological polar surface area (TPSA) is 41.6 Å². The quantitative estimate of drug-likeness (QED) is 0.710. The van der Waals surface area contributed by atoms with Crippen molar-refractivity contribution in [3.63, 3.8) is 0 Å². The minimum Gasteiger partial charge on any atom is -0.483 e. The number of nitrogens with one attached hydrogen (secondary N) is 1. The summed E-state index contributed by atoms with van der Waals surface area (Å²) in [6.45, 7) is 10.1. The highest BCUT2D eigenvalue weighted by Gasteiger charge is 2.09. The minimum absolute atomic E-state index is 0.0128. The van der Waals surface area contributed by atoms with Crippen LogP contribution in [0.2, 0.25) is 0 Å². The van der Waals surface area contributed by atoms with Crippen molar-refractivity contribution >= 4 is 33.2 Å². The molecule has 2 aromatic rings. The number of anilines is 2. The van der Waals surface area contributed by atoms with Crippen LogP contribution in [0.15, 0.2) is 40.9 Å². The van der Waals surface area contributed by atoms with E-state index in [4.69, 9.17) is 4.74 Å². The normalized spacial score (nSPS) is 10.4. The van der Waals surface area contributed by atoms with Gasteiger partial charge >= 0.3 is 0 Å². The van der Waals surface area contributed by atoms with Gasteiger partial charge in [-0.2, -0.15) is 0 Å². The third-order valence-electron chi connectivity index (χ3n) is 4.05. The lowest BCUT2D eigenvalue weighted by atomic mass is 10.1. The summed E-state index contributed by atoms with van der Waals surface area (Å²) in [5.41, 5.74) is 3.93. The number of halogens is 1. The van der Waals surface area contributed by atoms with Crippen LogP contribution in [-0.2, 0) is 4.79 Å². The molecule has 25 heavy (non-hydrogen) atoms. The third kappa shape index (κ3) is 5.23. The Morgan fingerprint density at radius 3 is 2.16 bits per heavy atom. The second-order valence-electron chi connectivity index (χ2n) is 5.92. The largest absolute Gasteiger partial charge is 0.483 e. The second kappa shape index (κ2) is 8.90. The van der Waals surface area contributed by atoms with Crippen molar-refractivity contribution < 1.29 is 9.53 Å². The fourth-order valence-electron chi connectivity index (χ4n) is 2.80. The minimum atomic E-state index is -0.169. The molecule has 0 heterocycles. The van der Waals surface area contributed by atoms with E-state index in [2.05, 4.69) is 40.0 Å². The predicted octanol–water partition coefficient (Wildman–Crippen LogP) is 4.93. The van der Waals surface area contributed by atoms with Crippen LogP contribution in [0.1, 0.15) is 25.0 Å². The van der Waals surface area contributed by atoms with E-state index in [0.717, 1.165) is 45.8 Å². The second-order valence-corrected chi connectivity index (χ2v) is 6.84. The predicted molar refractivity (Wildman–Crippen MR) is 108 cm³/mol. The van der Waals surface area contributed by atoms with Gasteiger partial charge in [0.25, 0.3) is 5.91 Å². The van der Waals surface area contributed by atoms with Crippen LogP contribution in [-0.4, -0.2) is 25.6 Å². The van der Waals surface area contributed by atoms with Gasteiger partial charge in [0, 0.05) is 28.9 Å². The molecule has 0 spiro atoms. The summed E-state index contributed by atoms with van der Waals surface area (Å²) in [6, 6.07) is 11.8. The van der Waals surface area contributed by atoms with Crippen molar-refractivity contribution in [1.29, 1.82) is 0 Å². The Morgan fingerprint density at radius 1 is 1.08 bits per heavy atom. The van der Waals surface area contributed by atoms with Gasteiger partial charge in [0.15, 0.2) is 6.61 Å². The monoisotopic (exact) mass is 404 g/mol. The van der Waals surface area contributed by atoms with E-state index in [1.807, 2.05) is 50.2 Å². The molecule has 0 aromatic heterocycles. The Balaban J connectivity index is 1.95. The summed E-state index contributed by atoms with van der Waals surface area (Å²) < 4.78 is 6.72. The Labute approximate surface area is 158 Å². The first-order valence-electron chi connectivity index (χ1n) is 8.49. The molecule has 0 aliphatic rings. The molecule has 2 rings (SSSR count). The average Bonchev–Trinajstić information content (AvgIpc) is 2.56. The summed E-state index contributed by atoms with van der Waals surface area (Å²) in [6.07, 6.45) is 0. The van der Waals surface area contributed by atoms with Crippen molar-refractivity contribution in [3.8, 4) is 5.75 Å². The number of benzene rings is 2. The molecule has 1 N–H and O–H groups in total. The third-order valence-corrected chi connectivity index (χ3v) is 4.51. The molecule has 0 radical (unpaired) electrons. The highest BCUT2D eigenvalue weighted by Crippen LogP contribution is 2.27. The van der Waals surface area contributed by atoms with Gasteiger partial charge in [-0.3, -0.25) is 4.79 Å². The van der Waals surface area contributed by atoms with Crippen LogP contribution >= 0.6 is 15.9 Å². The zero-order valence-corrected chi connectivity index (χ0v) is 16.8. The van der Waals surface area contributed by atoms with Crippen LogP contribution in [0.25, 0.3) is 0 Å². The summed E-state index contributed by atoms with van der Waals surface area (Å²) in [5, 5.41) is 2.87. The molecule has 0 atom stereocenters. The Morgan fingerprint density at radius 2 is 1.64 bits per heavy atom. The zero-order chi connectivity index (χ0) is 18.4. The molecule has 0 aliphatic carbocycles. The van der Waals surface area contributed by atoms with Crippen LogP contribution < -0.4 is 15.0 Å². The Bertz CT molecular complexity index is 702. The maximum Gasteiger partial charge on any atom is 0.262 e. The lowest BCUT2D eigenvalue weighted by molar-refractivity contribution is -0.118. The van der Waals surface area contributed by atoms with E-state index in [0.29, 0.717) is 0 Å². The first kappa shape index (κ1) is 19.3. The molecule has 1 amide bonds. The molecule has 0 aliphatic heterocycles. The summed E-state index contributed by atoms with van der Waals surface area (Å²) >= 11 is 3.46. The van der Waals surface area contributed by atoms with Crippen LogP contribution in [0.4, 0.5) is 11.4 Å². The van der Waals surface area contributed by atoms with E-state index in [1.165, 1.54) is 0 Å². The van der Waals surface area contributed by atoms with Gasteiger partial charge in [0.1, 0.15) is 5.75 Å². The van der Waals surface area contributed by atoms with Gasteiger partial charge in [-0.1, -0.05) is 15.9 Å². The van der Waals surface area contributed by atoms with Gasteiger partial charge in [-0.15, -0.1) is 0 Å². The molecule has 5 heteroatoms. The van der Waals surface area contributed by atoms with Gasteiger partial charge in [-0.05, 0) is 75.2 Å². The summed E-state index contributed by atoms with van der Waals surface area (Å²) in [7, 11) is 0. The molecule has 0 saturated carbocycles. The summed E-state index contributed by atoms with van der Waals surface area (Å²) in [4.78, 5) is 14.4. The lowest BCUT2D eigenvalue weighted by Gasteiger charge is -2.21. The number of hydrogen-bond acceptors (Lipinski definition) is 3. The molecular weight excluding hydrogens is 380 g/mol. The lowest BCUT2D eigenvalue weighted by Crippen LogP contribution is -2.22. The number of hydrogen-bond donors (Lipinski definition) is 1. The van der Waals surface area contributed by atoms with Gasteiger partial charge in [0.2, 0.25) is 0 Å². The zero-order valence-electron chi connectivity index (χ0n) is 15.2. The average molecular weight is 405 g/mol. The van der Waals surface area contributed by atoms with E-state index in [-0.39, 0.29) is 12.5 Å². The van der Waals surface area contributed by atoms with Gasteiger partial charge in [-0.25, -0.2) is 0 Å². The highest BCUT2D eigenvalue weighted by atomic mass is 79.9. The van der Waals surface area contributed by atoms with Crippen molar-refractivity contribution in [2.45, 2.75) is 27.7 Å². The number of carbonyl (C=O) groups is 1. The van der Waals surface area contributed by atoms with E-state index >= 15 is 0 Å². The summed E-state index contributed by atoms with van der Waals surface area (Å²) in [5.74, 6) is 0.590. The van der Waals surface area contributed by atoms with Crippen molar-refractivity contribution in [2.24, 2.45) is 0 Å². The number of aryl methyl sites for hydroxylation is 2. The number of rotatable bonds is 7. The van der Waals surface area contributed by atoms with Crippen LogP contribution in [0.5, 0.6) is 5.75 Å². The molecule has 0 fully saturated rings. The molecule has 0 unspecified atom stereocenters. The highest BCUT2D eigenvalue weighted by molar-refractivity contribution is 9.10. The smallest absolute Gasteiger partial charge is 0.262 e. The molecular formula is C20H25BrN2O2. The van der Waals surface area contributed by atoms with Gasteiger partial charge in [0.05, 0.1) is 0 Å². The Hall–Kier alpha value is -2.01. The standard InChI is InChI=1S/C20H25BrN2O2/c1-5-23(6-2)18-9-7-17(8-10-18)22-19(24)13-25-20-14(3)11-16(21)12-15(20)4/h7-12H,5-6,13H2,1-4H3,(H,22,24). The molecule has 2 aromatic carbocycles. The Kier molecular flexibility index (Phi) is 6.88. The molecule has 0 bridgehead atoms. The molecule has 4 nitrogen and oxygen atoms in total. The number of amides is 1. The van der Waals surface area contributed by atoms with Crippen molar-refractivity contribution in [3.05, 3.63) is 52.0 Å². The van der Waals surface area contributed by atoms with E-state index in [1.54, 1.807) is 0 Å². The molecule has 134 valence electrons. The number of carbonyl (C=O) groups excluding carboxylic acids is 1. The van der Waals surface area contributed by atoms with Crippen LogP contribution in [0.3, 0.4) is 0 Å².